The molecule has 4 nitrogen and oxygen atoms in total. The maximum Gasteiger partial charge on any atom is 0.124 e. The van der Waals surface area contributed by atoms with Crippen molar-refractivity contribution >= 4 is 55.1 Å². The predicted octanol–water partition coefficient (Wildman–Crippen LogP) is 5.24. The van der Waals surface area contributed by atoms with Gasteiger partial charge < -0.3 is 9.30 Å². The maximum absolute atomic E-state index is 9.09. The van der Waals surface area contributed by atoms with Gasteiger partial charge in [-0.25, -0.2) is 0 Å². The first-order valence-corrected chi connectivity index (χ1v) is 8.23. The van der Waals surface area contributed by atoms with E-state index in [2.05, 4.69) is 31.9 Å². The summed E-state index contributed by atoms with van der Waals surface area (Å²) in [5, 5.41) is 19.1. The monoisotopic (exact) mass is 461 g/mol. The van der Waals surface area contributed by atoms with Crippen LogP contribution < -0.4 is 0 Å². The fourth-order valence-electron chi connectivity index (χ4n) is 1.76. The van der Waals surface area contributed by atoms with E-state index in [0.29, 0.717) is 25.9 Å². The highest BCUT2D eigenvalue weighted by atomic mass is 79.9. The van der Waals surface area contributed by atoms with Crippen molar-refractivity contribution in [1.82, 2.24) is 4.57 Å². The summed E-state index contributed by atoms with van der Waals surface area (Å²) in [6, 6.07) is 9.22. The Morgan fingerprint density at radius 1 is 1.05 bits per heavy atom. The number of rotatable bonds is 4. The summed E-state index contributed by atoms with van der Waals surface area (Å²) in [6.07, 6.45) is 0. The average molecular weight is 464 g/mol. The molecule has 1 aromatic carbocycles. The molecule has 0 aliphatic heterocycles. The molecule has 0 fully saturated rings. The summed E-state index contributed by atoms with van der Waals surface area (Å²) in [4.78, 5) is 0. The average Bonchev–Trinajstić information content (AvgIpc) is 2.73. The Morgan fingerprint density at radius 3 is 2.14 bits per heavy atom. The van der Waals surface area contributed by atoms with Crippen LogP contribution in [0.2, 0.25) is 10.0 Å². The van der Waals surface area contributed by atoms with Gasteiger partial charge in [-0.1, -0.05) is 29.3 Å². The number of nitrogens with zero attached hydrogens (tertiary/aromatic N) is 3. The molecular formula is C14H7Br2Cl2N3O. The molecule has 0 N–H and O–H groups in total. The van der Waals surface area contributed by atoms with Gasteiger partial charge in [0.15, 0.2) is 0 Å². The Bertz CT molecular complexity index is 768. The fourth-order valence-corrected chi connectivity index (χ4v) is 3.46. The normalized spacial score (nSPS) is 10.3. The molecule has 22 heavy (non-hydrogen) atoms. The summed E-state index contributed by atoms with van der Waals surface area (Å²) in [7, 11) is 0. The van der Waals surface area contributed by atoms with Gasteiger partial charge in [0.2, 0.25) is 0 Å². The molecule has 0 saturated heterocycles. The lowest BCUT2D eigenvalue weighted by atomic mass is 10.2. The number of nitriles is 2. The van der Waals surface area contributed by atoms with Crippen LogP contribution in [0.4, 0.5) is 0 Å². The SMILES string of the molecule is N#Cc1c(C#N)c(Br)n(COCc2ccc(Cl)c(Cl)c2)c1Br. The lowest BCUT2D eigenvalue weighted by Crippen LogP contribution is -2.03. The van der Waals surface area contributed by atoms with Gasteiger partial charge in [0.1, 0.15) is 39.2 Å². The maximum atomic E-state index is 9.09. The van der Waals surface area contributed by atoms with Crippen LogP contribution in [0, 0.1) is 22.7 Å². The van der Waals surface area contributed by atoms with Gasteiger partial charge in [0.25, 0.3) is 0 Å². The van der Waals surface area contributed by atoms with Crippen LogP contribution in [0.15, 0.2) is 27.4 Å². The zero-order valence-electron chi connectivity index (χ0n) is 10.9. The number of hydrogen-bond donors (Lipinski definition) is 0. The second-order valence-electron chi connectivity index (χ2n) is 4.21. The quantitative estimate of drug-likeness (QED) is 0.623. The topological polar surface area (TPSA) is 61.7 Å². The van der Waals surface area contributed by atoms with Gasteiger partial charge in [-0.15, -0.1) is 0 Å². The molecule has 0 unspecified atom stereocenters. The standard InChI is InChI=1S/C14H7Br2Cl2N3O/c15-13-9(4-19)10(5-20)14(16)21(13)7-22-6-8-1-2-11(17)12(18)3-8/h1-3H,6-7H2. The minimum Gasteiger partial charge on any atom is -0.356 e. The zero-order valence-corrected chi connectivity index (χ0v) is 15.6. The van der Waals surface area contributed by atoms with E-state index in [4.69, 9.17) is 38.5 Å². The Balaban J connectivity index is 2.13. The second-order valence-corrected chi connectivity index (χ2v) is 6.53. The lowest BCUT2D eigenvalue weighted by molar-refractivity contribution is 0.0616. The number of hydrogen-bond acceptors (Lipinski definition) is 3. The van der Waals surface area contributed by atoms with E-state index in [1.807, 2.05) is 18.2 Å². The highest BCUT2D eigenvalue weighted by Gasteiger charge is 2.19. The van der Waals surface area contributed by atoms with Crippen molar-refractivity contribution in [3.8, 4) is 12.1 Å². The third-order valence-corrected chi connectivity index (χ3v) is 5.22. The second kappa shape index (κ2) is 7.50. The van der Waals surface area contributed by atoms with Crippen molar-refractivity contribution in [3.63, 3.8) is 0 Å². The number of benzene rings is 1. The molecule has 112 valence electrons. The largest absolute Gasteiger partial charge is 0.356 e. The molecule has 8 heteroatoms. The molecule has 2 aromatic rings. The van der Waals surface area contributed by atoms with Crippen molar-refractivity contribution < 1.29 is 4.74 Å². The minimum absolute atomic E-state index is 0.164. The van der Waals surface area contributed by atoms with Gasteiger partial charge in [-0.3, -0.25) is 0 Å². The molecule has 1 aromatic heterocycles. The molecule has 0 saturated carbocycles. The first kappa shape index (κ1) is 17.3. The van der Waals surface area contributed by atoms with Gasteiger partial charge in [-0.2, -0.15) is 10.5 Å². The third kappa shape index (κ3) is 3.48. The van der Waals surface area contributed by atoms with Crippen molar-refractivity contribution in [2.24, 2.45) is 0 Å². The number of aromatic nitrogens is 1. The van der Waals surface area contributed by atoms with Gasteiger partial charge in [-0.05, 0) is 49.6 Å². The molecule has 0 bridgehead atoms. The predicted molar refractivity (Wildman–Crippen MR) is 90.5 cm³/mol. The van der Waals surface area contributed by atoms with Crippen LogP contribution in [0.1, 0.15) is 16.7 Å². The molecule has 1 heterocycles. The van der Waals surface area contributed by atoms with Gasteiger partial charge in [0.05, 0.1) is 16.7 Å². The lowest BCUT2D eigenvalue weighted by Gasteiger charge is -2.09. The summed E-state index contributed by atoms with van der Waals surface area (Å²) in [6.45, 7) is 0.482. The molecule has 0 aliphatic rings. The van der Waals surface area contributed by atoms with Crippen LogP contribution >= 0.6 is 55.1 Å². The van der Waals surface area contributed by atoms with Crippen LogP contribution in [0.3, 0.4) is 0 Å². The van der Waals surface area contributed by atoms with E-state index in [0.717, 1.165) is 5.56 Å². The van der Waals surface area contributed by atoms with Crippen molar-refractivity contribution in [2.45, 2.75) is 13.3 Å². The third-order valence-electron chi connectivity index (χ3n) is 2.83. The first-order valence-electron chi connectivity index (χ1n) is 5.89. The highest BCUT2D eigenvalue weighted by Crippen LogP contribution is 2.31. The molecule has 0 aliphatic carbocycles. The van der Waals surface area contributed by atoms with E-state index in [9.17, 15) is 0 Å². The highest BCUT2D eigenvalue weighted by molar-refractivity contribution is 9.11. The Kier molecular flexibility index (Phi) is 5.91. The number of ether oxygens (including phenoxy) is 1. The fraction of sp³-hybridized carbons (Fsp3) is 0.143. The van der Waals surface area contributed by atoms with Crippen molar-refractivity contribution in [3.05, 3.63) is 54.1 Å². The molecule has 2 rings (SSSR count). The summed E-state index contributed by atoms with van der Waals surface area (Å²) < 4.78 is 8.24. The first-order chi connectivity index (χ1) is 10.5. The molecule has 0 spiro atoms. The Labute approximate surface area is 154 Å². The van der Waals surface area contributed by atoms with E-state index in [1.165, 1.54) is 0 Å². The van der Waals surface area contributed by atoms with Crippen LogP contribution in [-0.4, -0.2) is 4.57 Å². The molecular weight excluding hydrogens is 457 g/mol. The molecule has 0 atom stereocenters. The van der Waals surface area contributed by atoms with Crippen molar-refractivity contribution in [1.29, 1.82) is 10.5 Å². The molecule has 0 amide bonds. The number of halogens is 4. The van der Waals surface area contributed by atoms with Gasteiger partial charge in [0, 0.05) is 0 Å². The van der Waals surface area contributed by atoms with Crippen LogP contribution in [0.25, 0.3) is 0 Å². The van der Waals surface area contributed by atoms with E-state index >= 15 is 0 Å². The zero-order chi connectivity index (χ0) is 16.3. The van der Waals surface area contributed by atoms with Crippen LogP contribution in [-0.2, 0) is 18.1 Å². The van der Waals surface area contributed by atoms with E-state index < -0.39 is 0 Å². The smallest absolute Gasteiger partial charge is 0.124 e. The Hall–Kier alpha value is -1.02. The summed E-state index contributed by atoms with van der Waals surface area (Å²) >= 11 is 18.4. The summed E-state index contributed by atoms with van der Waals surface area (Å²) in [5.74, 6) is 0. The van der Waals surface area contributed by atoms with Crippen LogP contribution in [0.5, 0.6) is 0 Å². The summed E-state index contributed by atoms with van der Waals surface area (Å²) in [5.41, 5.74) is 1.41. The van der Waals surface area contributed by atoms with Crippen molar-refractivity contribution in [2.75, 3.05) is 0 Å². The Morgan fingerprint density at radius 2 is 1.64 bits per heavy atom. The minimum atomic E-state index is 0.164. The van der Waals surface area contributed by atoms with E-state index in [-0.39, 0.29) is 17.9 Å². The van der Waals surface area contributed by atoms with Gasteiger partial charge >= 0.3 is 0 Å². The molecule has 0 radical (unpaired) electrons. The van der Waals surface area contributed by atoms with E-state index in [1.54, 1.807) is 16.7 Å².